The van der Waals surface area contributed by atoms with Crippen molar-refractivity contribution in [2.24, 2.45) is 23.2 Å². The number of allylic oxidation sites excluding steroid dienone is 1. The fraction of sp³-hybridized carbons (Fsp3) is 0.571. The van der Waals surface area contributed by atoms with Crippen LogP contribution in [-0.2, 0) is 26.6 Å². The monoisotopic (exact) mass is 640 g/mol. The molecule has 1 unspecified atom stereocenters. The summed E-state index contributed by atoms with van der Waals surface area (Å²) in [5, 5.41) is 0.748. The lowest BCUT2D eigenvalue weighted by Crippen LogP contribution is -2.50. The Balaban J connectivity index is 1.45. The van der Waals surface area contributed by atoms with Crippen LogP contribution < -0.4 is 14.4 Å². The number of anilines is 1. The van der Waals surface area contributed by atoms with Crippen LogP contribution in [0.5, 0.6) is 5.75 Å². The van der Waals surface area contributed by atoms with Crippen molar-refractivity contribution in [3.05, 3.63) is 69.8 Å². The average Bonchev–Trinajstić information content (AvgIpc) is 3.09. The van der Waals surface area contributed by atoms with E-state index in [0.29, 0.717) is 29.8 Å². The van der Waals surface area contributed by atoms with Gasteiger partial charge >= 0.3 is 0 Å². The number of sulfonamides is 1. The largest absolute Gasteiger partial charge is 0.490 e. The van der Waals surface area contributed by atoms with Gasteiger partial charge in [-0.1, -0.05) is 44.5 Å². The highest BCUT2D eigenvalue weighted by molar-refractivity contribution is 7.90. The number of nitrogens with one attached hydrogen (secondary N) is 1. The zero-order chi connectivity index (χ0) is 31.4. The minimum atomic E-state index is -3.91. The molecule has 1 N–H and O–H groups in total. The lowest BCUT2D eigenvalue weighted by atomic mass is 9.67. The summed E-state index contributed by atoms with van der Waals surface area (Å²) in [5.74, 6) is 0.615. The molecule has 0 radical (unpaired) electrons. The number of hydrogen-bond donors (Lipinski definition) is 1. The summed E-state index contributed by atoms with van der Waals surface area (Å²) in [7, 11) is -2.13. The highest BCUT2D eigenvalue weighted by atomic mass is 35.5. The molecular formula is C35H45ClN2O5S. The van der Waals surface area contributed by atoms with E-state index in [4.69, 9.17) is 21.1 Å². The molecule has 5 atom stereocenters. The minimum Gasteiger partial charge on any atom is -0.490 e. The van der Waals surface area contributed by atoms with Crippen molar-refractivity contribution in [1.29, 1.82) is 0 Å². The molecule has 2 bridgehead atoms. The van der Waals surface area contributed by atoms with Gasteiger partial charge in [-0.05, 0) is 109 Å². The quantitative estimate of drug-likeness (QED) is 0.357. The Kier molecular flexibility index (Phi) is 8.34. The van der Waals surface area contributed by atoms with Gasteiger partial charge < -0.3 is 14.4 Å². The molecule has 2 aromatic carbocycles. The van der Waals surface area contributed by atoms with Crippen molar-refractivity contribution in [3.8, 4) is 5.75 Å². The lowest BCUT2D eigenvalue weighted by molar-refractivity contribution is 0.00579. The molecular weight excluding hydrogens is 596 g/mol. The second-order valence-electron chi connectivity index (χ2n) is 14.3. The Labute approximate surface area is 267 Å². The van der Waals surface area contributed by atoms with Gasteiger partial charge in [-0.15, -0.1) is 0 Å². The Bertz CT molecular complexity index is 1590. The maximum absolute atomic E-state index is 13.5. The van der Waals surface area contributed by atoms with Gasteiger partial charge in [-0.2, -0.15) is 0 Å². The maximum Gasteiger partial charge on any atom is 0.264 e. The Morgan fingerprint density at radius 2 is 1.93 bits per heavy atom. The molecule has 1 fully saturated rings. The summed E-state index contributed by atoms with van der Waals surface area (Å²) in [6.07, 6.45) is 7.33. The molecule has 0 aromatic heterocycles. The molecule has 4 aliphatic rings. The fourth-order valence-electron chi connectivity index (χ4n) is 8.03. The predicted octanol–water partition coefficient (Wildman–Crippen LogP) is 6.54. The second-order valence-corrected chi connectivity index (χ2v) is 16.5. The molecule has 2 aliphatic carbocycles. The number of fused-ring (bicyclic) bond motifs is 4. The van der Waals surface area contributed by atoms with Gasteiger partial charge in [-0.3, -0.25) is 4.79 Å². The van der Waals surface area contributed by atoms with E-state index in [0.717, 1.165) is 61.5 Å². The number of nitrogens with zero attached hydrogens (tertiary/aromatic N) is 1. The maximum atomic E-state index is 13.5. The summed E-state index contributed by atoms with van der Waals surface area (Å²) in [4.78, 5) is 15.9. The van der Waals surface area contributed by atoms with Gasteiger partial charge in [0, 0.05) is 36.2 Å². The second kappa shape index (κ2) is 11.7. The van der Waals surface area contributed by atoms with Crippen LogP contribution in [0.2, 0.25) is 5.02 Å². The molecule has 1 amide bonds. The molecule has 7 nitrogen and oxygen atoms in total. The first-order valence-electron chi connectivity index (χ1n) is 15.9. The number of ether oxygens (including phenoxy) is 2. The van der Waals surface area contributed by atoms with Gasteiger partial charge in [0.2, 0.25) is 10.0 Å². The van der Waals surface area contributed by atoms with E-state index >= 15 is 0 Å². The highest BCUT2D eigenvalue weighted by Gasteiger charge is 2.45. The first-order valence-corrected chi connectivity index (χ1v) is 17.9. The van der Waals surface area contributed by atoms with Crippen LogP contribution >= 0.6 is 11.6 Å². The Morgan fingerprint density at radius 1 is 1.14 bits per heavy atom. The minimum absolute atomic E-state index is 0.0447. The molecule has 238 valence electrons. The van der Waals surface area contributed by atoms with E-state index in [1.165, 1.54) is 11.1 Å². The smallest absolute Gasteiger partial charge is 0.264 e. The number of benzene rings is 2. The Morgan fingerprint density at radius 3 is 2.66 bits per heavy atom. The molecule has 1 saturated carbocycles. The zero-order valence-electron chi connectivity index (χ0n) is 26.5. The number of carbonyl (C=O) groups excluding carboxylic acids is 1. The third-order valence-corrected chi connectivity index (χ3v) is 12.7. The van der Waals surface area contributed by atoms with Gasteiger partial charge in [0.1, 0.15) is 5.75 Å². The summed E-state index contributed by atoms with van der Waals surface area (Å²) in [6, 6.07) is 11.6. The average molecular weight is 641 g/mol. The van der Waals surface area contributed by atoms with Crippen LogP contribution in [0.4, 0.5) is 5.69 Å². The number of halogens is 1. The molecule has 44 heavy (non-hydrogen) atoms. The molecule has 6 rings (SSSR count). The van der Waals surface area contributed by atoms with Crippen LogP contribution in [0.3, 0.4) is 0 Å². The fourth-order valence-corrected chi connectivity index (χ4v) is 9.94. The van der Waals surface area contributed by atoms with Gasteiger partial charge in [0.25, 0.3) is 5.91 Å². The van der Waals surface area contributed by atoms with E-state index in [1.807, 2.05) is 39.0 Å². The first kappa shape index (κ1) is 31.4. The molecule has 2 heterocycles. The van der Waals surface area contributed by atoms with Crippen molar-refractivity contribution < 1.29 is 22.7 Å². The molecule has 2 aromatic rings. The Hall–Kier alpha value is -2.55. The van der Waals surface area contributed by atoms with Crippen LogP contribution in [0, 0.1) is 23.2 Å². The number of amides is 1. The highest BCUT2D eigenvalue weighted by Crippen LogP contribution is 2.47. The van der Waals surface area contributed by atoms with Crippen LogP contribution in [0.15, 0.2) is 48.0 Å². The van der Waals surface area contributed by atoms with Crippen LogP contribution in [0.1, 0.15) is 74.9 Å². The van der Waals surface area contributed by atoms with E-state index in [9.17, 15) is 13.2 Å². The van der Waals surface area contributed by atoms with Crippen molar-refractivity contribution in [1.82, 2.24) is 4.72 Å². The van der Waals surface area contributed by atoms with E-state index in [1.54, 1.807) is 13.2 Å². The number of hydrogen-bond acceptors (Lipinski definition) is 6. The number of methoxy groups -OCH3 is 1. The predicted molar refractivity (Wildman–Crippen MR) is 175 cm³/mol. The standard InChI is InChI=1S/C35H45ClN2O5S/c1-22-15-23(2)34(3,4)21-44(40,41)37-33(39)25-9-13-31-30(17-25)38(18-26-8-11-28(26)32(22)42-5)19-35(20-43-31)14-6-7-24-16-27(36)10-12-29(24)35/h9-10,12-13,15-17,23,26,28,32H,6-8,11,14,18-21H2,1-5H3,(H,37,39)/b22-15+/t23?,26-,28+,32-,35-/m0/s1. The van der Waals surface area contributed by atoms with Crippen molar-refractivity contribution in [2.45, 2.75) is 71.3 Å². The topological polar surface area (TPSA) is 84.9 Å². The van der Waals surface area contributed by atoms with Crippen molar-refractivity contribution in [3.63, 3.8) is 0 Å². The molecule has 0 saturated heterocycles. The molecule has 9 heteroatoms. The van der Waals surface area contributed by atoms with E-state index < -0.39 is 21.3 Å². The third-order valence-electron chi connectivity index (χ3n) is 10.9. The normalized spacial score (nSPS) is 32.5. The summed E-state index contributed by atoms with van der Waals surface area (Å²) >= 11 is 6.42. The summed E-state index contributed by atoms with van der Waals surface area (Å²) in [5.41, 5.74) is 3.99. The number of rotatable bonds is 1. The van der Waals surface area contributed by atoms with Crippen LogP contribution in [-0.4, -0.2) is 53.0 Å². The summed E-state index contributed by atoms with van der Waals surface area (Å²) in [6.45, 7) is 10.1. The molecule has 2 aliphatic heterocycles. The number of carbonyl (C=O) groups is 1. The lowest BCUT2D eigenvalue weighted by Gasteiger charge is -2.46. The van der Waals surface area contributed by atoms with Crippen molar-refractivity contribution in [2.75, 3.05) is 37.5 Å². The number of aryl methyl sites for hydroxylation is 1. The van der Waals surface area contributed by atoms with Gasteiger partial charge in [0.05, 0.1) is 24.2 Å². The van der Waals surface area contributed by atoms with Gasteiger partial charge in [-0.25, -0.2) is 13.1 Å². The van der Waals surface area contributed by atoms with E-state index in [-0.39, 0.29) is 23.2 Å². The van der Waals surface area contributed by atoms with Gasteiger partial charge in [0.15, 0.2) is 0 Å². The SMILES string of the molecule is CO[C@H]1/C(C)=C/C(C)C(C)(C)CS(=O)(=O)NC(=O)c2ccc3c(c2)N(C[C@@H]2CC[C@H]21)C[C@@]1(CCCc2cc(Cl)ccc21)CO3. The zero-order valence-corrected chi connectivity index (χ0v) is 28.1. The van der Waals surface area contributed by atoms with Crippen LogP contribution in [0.25, 0.3) is 0 Å². The summed E-state index contributed by atoms with van der Waals surface area (Å²) < 4.78 is 41.7. The van der Waals surface area contributed by atoms with Crippen molar-refractivity contribution >= 4 is 33.2 Å². The third kappa shape index (κ3) is 5.90. The van der Waals surface area contributed by atoms with E-state index in [2.05, 4.69) is 34.8 Å². The first-order chi connectivity index (χ1) is 20.8. The molecule has 1 spiro atoms.